The van der Waals surface area contributed by atoms with Gasteiger partial charge in [-0.1, -0.05) is 11.6 Å². The van der Waals surface area contributed by atoms with E-state index in [4.69, 9.17) is 22.1 Å². The summed E-state index contributed by atoms with van der Waals surface area (Å²) in [4.78, 5) is 0. The van der Waals surface area contributed by atoms with Crippen molar-refractivity contribution in [1.82, 2.24) is 0 Å². The molecule has 0 aromatic rings. The number of rotatable bonds is 1. The van der Waals surface area contributed by atoms with Gasteiger partial charge in [0.05, 0.1) is 6.10 Å². The molecule has 1 aliphatic heterocycles. The first kappa shape index (κ1) is 6.33. The number of ether oxygens (including phenoxy) is 1. The lowest BCUT2D eigenvalue weighted by Gasteiger charge is -2.04. The largest absolute Gasteiger partial charge is 0.358 e. The third kappa shape index (κ3) is 1.34. The fourth-order valence-corrected chi connectivity index (χ4v) is 1.11. The Morgan fingerprint density at radius 1 is 1.62 bits per heavy atom. The second kappa shape index (κ2) is 2.67. The maximum Gasteiger partial charge on any atom is 0.131 e. The summed E-state index contributed by atoms with van der Waals surface area (Å²) < 4.78 is 5.15. The van der Waals surface area contributed by atoms with Gasteiger partial charge in [-0.2, -0.15) is 0 Å². The Balaban J connectivity index is 2.22. The molecular weight excluding hydrogens is 126 g/mol. The predicted octanol–water partition coefficient (Wildman–Crippen LogP) is 0.689. The van der Waals surface area contributed by atoms with Crippen LogP contribution >= 0.6 is 11.6 Å². The Hall–Kier alpha value is 0.210. The summed E-state index contributed by atoms with van der Waals surface area (Å²) in [5.74, 6) is 0. The minimum Gasteiger partial charge on any atom is -0.358 e. The molecule has 0 amide bonds. The second-order valence-electron chi connectivity index (χ2n) is 1.98. The van der Waals surface area contributed by atoms with E-state index in [0.29, 0.717) is 6.54 Å². The number of alkyl halides is 1. The standard InChI is InChI=1S/C5H10ClNO/c6-5-2-1-4(3-7)8-5/h4-5H,1-3,7H2. The molecule has 0 aromatic carbocycles. The van der Waals surface area contributed by atoms with Crippen molar-refractivity contribution in [3.63, 3.8) is 0 Å². The maximum atomic E-state index is 5.61. The van der Waals surface area contributed by atoms with Crippen molar-refractivity contribution in [1.29, 1.82) is 0 Å². The average molecular weight is 136 g/mol. The van der Waals surface area contributed by atoms with Gasteiger partial charge in [0.15, 0.2) is 0 Å². The van der Waals surface area contributed by atoms with Crippen LogP contribution in [-0.2, 0) is 4.74 Å². The van der Waals surface area contributed by atoms with Crippen LogP contribution in [0.15, 0.2) is 0 Å². The van der Waals surface area contributed by atoms with E-state index >= 15 is 0 Å². The van der Waals surface area contributed by atoms with Gasteiger partial charge in [0.1, 0.15) is 5.56 Å². The molecule has 0 aromatic heterocycles. The molecule has 2 unspecified atom stereocenters. The van der Waals surface area contributed by atoms with Gasteiger partial charge in [-0.3, -0.25) is 0 Å². The minimum atomic E-state index is -0.0800. The molecule has 1 aliphatic rings. The van der Waals surface area contributed by atoms with Gasteiger partial charge in [0, 0.05) is 6.54 Å². The molecule has 0 bridgehead atoms. The van der Waals surface area contributed by atoms with Gasteiger partial charge >= 0.3 is 0 Å². The summed E-state index contributed by atoms with van der Waals surface area (Å²) in [7, 11) is 0. The van der Waals surface area contributed by atoms with Crippen LogP contribution in [0.3, 0.4) is 0 Å². The lowest BCUT2D eigenvalue weighted by Crippen LogP contribution is -2.19. The van der Waals surface area contributed by atoms with Crippen LogP contribution < -0.4 is 5.73 Å². The molecule has 48 valence electrons. The number of halogens is 1. The van der Waals surface area contributed by atoms with E-state index in [1.807, 2.05) is 0 Å². The van der Waals surface area contributed by atoms with Crippen molar-refractivity contribution in [2.45, 2.75) is 24.5 Å². The highest BCUT2D eigenvalue weighted by Crippen LogP contribution is 2.20. The summed E-state index contributed by atoms with van der Waals surface area (Å²) in [5, 5.41) is 0. The number of hydrogen-bond donors (Lipinski definition) is 1. The first-order chi connectivity index (χ1) is 3.83. The van der Waals surface area contributed by atoms with Crippen LogP contribution in [0.1, 0.15) is 12.8 Å². The molecule has 2 nitrogen and oxygen atoms in total. The monoisotopic (exact) mass is 135 g/mol. The van der Waals surface area contributed by atoms with Crippen molar-refractivity contribution in [2.75, 3.05) is 6.54 Å². The Morgan fingerprint density at radius 3 is 2.62 bits per heavy atom. The minimum absolute atomic E-state index is 0.0800. The van der Waals surface area contributed by atoms with E-state index in [9.17, 15) is 0 Å². The van der Waals surface area contributed by atoms with E-state index in [0.717, 1.165) is 12.8 Å². The molecular formula is C5H10ClNO. The zero-order valence-electron chi connectivity index (χ0n) is 4.64. The smallest absolute Gasteiger partial charge is 0.131 e. The fraction of sp³-hybridized carbons (Fsp3) is 1.00. The second-order valence-corrected chi connectivity index (χ2v) is 2.47. The van der Waals surface area contributed by atoms with Crippen molar-refractivity contribution in [3.8, 4) is 0 Å². The Morgan fingerprint density at radius 2 is 2.38 bits per heavy atom. The molecule has 1 heterocycles. The van der Waals surface area contributed by atoms with Crippen LogP contribution in [-0.4, -0.2) is 18.2 Å². The van der Waals surface area contributed by atoms with E-state index in [1.54, 1.807) is 0 Å². The molecule has 1 rings (SSSR count). The molecule has 0 radical (unpaired) electrons. The normalized spacial score (nSPS) is 38.2. The predicted molar refractivity (Wildman–Crippen MR) is 32.8 cm³/mol. The van der Waals surface area contributed by atoms with Gasteiger partial charge in [-0.05, 0) is 12.8 Å². The molecule has 2 N–H and O–H groups in total. The third-order valence-electron chi connectivity index (χ3n) is 1.32. The lowest BCUT2D eigenvalue weighted by molar-refractivity contribution is 0.0944. The number of hydrogen-bond acceptors (Lipinski definition) is 2. The van der Waals surface area contributed by atoms with E-state index in [-0.39, 0.29) is 11.7 Å². The molecule has 0 saturated carbocycles. The van der Waals surface area contributed by atoms with Gasteiger partial charge in [0.2, 0.25) is 0 Å². The molecule has 8 heavy (non-hydrogen) atoms. The molecule has 0 spiro atoms. The van der Waals surface area contributed by atoms with Crippen LogP contribution in [0.2, 0.25) is 0 Å². The summed E-state index contributed by atoms with van der Waals surface area (Å²) >= 11 is 5.61. The summed E-state index contributed by atoms with van der Waals surface area (Å²) in [5.41, 5.74) is 5.23. The van der Waals surface area contributed by atoms with Crippen molar-refractivity contribution in [2.24, 2.45) is 5.73 Å². The zero-order chi connectivity index (χ0) is 5.98. The lowest BCUT2D eigenvalue weighted by atomic mass is 10.2. The van der Waals surface area contributed by atoms with E-state index in [2.05, 4.69) is 0 Å². The molecule has 1 fully saturated rings. The highest BCUT2D eigenvalue weighted by Gasteiger charge is 2.21. The quantitative estimate of drug-likeness (QED) is 0.537. The van der Waals surface area contributed by atoms with Gasteiger partial charge in [-0.25, -0.2) is 0 Å². The van der Waals surface area contributed by atoms with Crippen molar-refractivity contribution in [3.05, 3.63) is 0 Å². The van der Waals surface area contributed by atoms with Gasteiger partial charge in [-0.15, -0.1) is 0 Å². The van der Waals surface area contributed by atoms with Crippen LogP contribution in [0, 0.1) is 0 Å². The molecule has 1 saturated heterocycles. The molecule has 2 atom stereocenters. The molecule has 3 heteroatoms. The van der Waals surface area contributed by atoms with Gasteiger partial charge in [0.25, 0.3) is 0 Å². The van der Waals surface area contributed by atoms with Crippen LogP contribution in [0.5, 0.6) is 0 Å². The number of nitrogens with two attached hydrogens (primary N) is 1. The SMILES string of the molecule is NCC1CCC(Cl)O1. The van der Waals surface area contributed by atoms with Crippen LogP contribution in [0.25, 0.3) is 0 Å². The summed E-state index contributed by atoms with van der Waals surface area (Å²) in [6.45, 7) is 0.600. The average Bonchev–Trinajstić information content (AvgIpc) is 2.14. The topological polar surface area (TPSA) is 35.2 Å². The highest BCUT2D eigenvalue weighted by atomic mass is 35.5. The van der Waals surface area contributed by atoms with Gasteiger partial charge < -0.3 is 10.5 Å². The third-order valence-corrected chi connectivity index (χ3v) is 1.64. The Bertz CT molecular complexity index is 78.8. The van der Waals surface area contributed by atoms with Crippen molar-refractivity contribution >= 4 is 11.6 Å². The fourth-order valence-electron chi connectivity index (χ4n) is 0.835. The van der Waals surface area contributed by atoms with Crippen molar-refractivity contribution < 1.29 is 4.74 Å². The van der Waals surface area contributed by atoms with E-state index < -0.39 is 0 Å². The first-order valence-electron chi connectivity index (χ1n) is 2.82. The van der Waals surface area contributed by atoms with E-state index in [1.165, 1.54) is 0 Å². The highest BCUT2D eigenvalue weighted by molar-refractivity contribution is 6.19. The summed E-state index contributed by atoms with van der Waals surface area (Å²) in [6, 6.07) is 0. The summed E-state index contributed by atoms with van der Waals surface area (Å²) in [6.07, 6.45) is 2.19. The maximum absolute atomic E-state index is 5.61. The Labute approximate surface area is 53.9 Å². The van der Waals surface area contributed by atoms with Crippen LogP contribution in [0.4, 0.5) is 0 Å². The zero-order valence-corrected chi connectivity index (χ0v) is 5.40. The first-order valence-corrected chi connectivity index (χ1v) is 3.26. The molecule has 0 aliphatic carbocycles. The Kier molecular flexibility index (Phi) is 2.11.